The molecule has 39 heavy (non-hydrogen) atoms. The lowest BCUT2D eigenvalue weighted by atomic mass is 10.1. The minimum absolute atomic E-state index is 0.0163. The number of carbonyl (C=O) groups is 3. The summed E-state index contributed by atoms with van der Waals surface area (Å²) in [6, 6.07) is 27.4. The average Bonchev–Trinajstić information content (AvgIpc) is 2.93. The van der Waals surface area contributed by atoms with Gasteiger partial charge in [-0.2, -0.15) is 0 Å². The molecule has 0 aliphatic rings. The topological polar surface area (TPSA) is 75.3 Å². The maximum atomic E-state index is 13.3. The second kappa shape index (κ2) is 13.5. The summed E-state index contributed by atoms with van der Waals surface area (Å²) in [5, 5.41) is 6.69. The summed E-state index contributed by atoms with van der Waals surface area (Å²) in [5.74, 6) is -0.980. The first-order valence-corrected chi connectivity index (χ1v) is 13.8. The van der Waals surface area contributed by atoms with Gasteiger partial charge in [-0.05, 0) is 66.2 Å². The van der Waals surface area contributed by atoms with E-state index in [0.717, 1.165) is 4.90 Å². The lowest BCUT2D eigenvalue weighted by molar-refractivity contribution is -0.113. The van der Waals surface area contributed by atoms with Gasteiger partial charge in [0.05, 0.1) is 10.8 Å². The molecule has 4 rings (SSSR count). The molecule has 0 bridgehead atoms. The minimum atomic E-state index is -0.537. The van der Waals surface area contributed by atoms with Gasteiger partial charge in [0.2, 0.25) is 0 Å². The molecule has 0 saturated carbocycles. The Balaban J connectivity index is 1.50. The number of carbonyl (C=O) groups excluding carboxylic acids is 3. The van der Waals surface area contributed by atoms with Crippen molar-refractivity contribution < 1.29 is 14.4 Å². The fourth-order valence-corrected chi connectivity index (χ4v) is 5.04. The molecule has 9 heteroatoms. The van der Waals surface area contributed by atoms with Gasteiger partial charge in [-0.15, -0.1) is 11.8 Å². The van der Waals surface area contributed by atoms with E-state index in [1.165, 1.54) is 23.9 Å². The van der Waals surface area contributed by atoms with Gasteiger partial charge < -0.3 is 10.6 Å². The van der Waals surface area contributed by atoms with Gasteiger partial charge in [-0.1, -0.05) is 77.3 Å². The number of nitrogens with one attached hydrogen (secondary N) is 2. The summed E-state index contributed by atoms with van der Waals surface area (Å²) in [6.45, 7) is 0. The lowest BCUT2D eigenvalue weighted by Gasteiger charge is -2.12. The monoisotopic (exact) mass is 594 g/mol. The molecule has 4 aromatic rings. The molecule has 0 aliphatic heterocycles. The van der Waals surface area contributed by atoms with Crippen LogP contribution in [0, 0.1) is 0 Å². The van der Waals surface area contributed by atoms with Gasteiger partial charge >= 0.3 is 0 Å². The summed E-state index contributed by atoms with van der Waals surface area (Å²) in [4.78, 5) is 39.5. The van der Waals surface area contributed by atoms with Crippen LogP contribution in [-0.2, 0) is 4.79 Å². The predicted octanol–water partition coefficient (Wildman–Crippen LogP) is 8.03. The van der Waals surface area contributed by atoms with Gasteiger partial charge in [0.25, 0.3) is 11.8 Å². The molecule has 0 aliphatic carbocycles. The summed E-state index contributed by atoms with van der Waals surface area (Å²) in [7, 11) is 0. The minimum Gasteiger partial charge on any atom is -0.321 e. The number of anilines is 1. The van der Waals surface area contributed by atoms with Crippen LogP contribution in [0.2, 0.25) is 15.1 Å². The Morgan fingerprint density at radius 3 is 2.26 bits per heavy atom. The first-order chi connectivity index (χ1) is 18.8. The first kappa shape index (κ1) is 28.5. The Morgan fingerprint density at radius 2 is 1.51 bits per heavy atom. The van der Waals surface area contributed by atoms with Crippen LogP contribution in [0.25, 0.3) is 6.08 Å². The summed E-state index contributed by atoms with van der Waals surface area (Å²) in [5.41, 5.74) is 1.87. The molecular formula is C30H21Cl3N2O3S. The Morgan fingerprint density at radius 1 is 0.769 bits per heavy atom. The number of rotatable bonds is 9. The highest BCUT2D eigenvalue weighted by molar-refractivity contribution is 8.00. The molecule has 0 unspecified atom stereocenters. The molecule has 5 nitrogen and oxygen atoms in total. The van der Waals surface area contributed by atoms with Crippen molar-refractivity contribution in [2.75, 3.05) is 11.1 Å². The maximum Gasteiger partial charge on any atom is 0.272 e. The fourth-order valence-electron chi connectivity index (χ4n) is 3.49. The van der Waals surface area contributed by atoms with Crippen molar-refractivity contribution in [1.29, 1.82) is 0 Å². The lowest BCUT2D eigenvalue weighted by Crippen LogP contribution is -2.30. The van der Waals surface area contributed by atoms with Crippen molar-refractivity contribution in [3.8, 4) is 0 Å². The van der Waals surface area contributed by atoms with Crippen LogP contribution in [0.15, 0.2) is 108 Å². The quantitative estimate of drug-likeness (QED) is 0.117. The maximum absolute atomic E-state index is 13.3. The van der Waals surface area contributed by atoms with Crippen LogP contribution in [0.4, 0.5) is 5.69 Å². The van der Waals surface area contributed by atoms with E-state index in [4.69, 9.17) is 34.8 Å². The second-order valence-corrected chi connectivity index (χ2v) is 10.5. The molecular weight excluding hydrogens is 575 g/mol. The average molecular weight is 596 g/mol. The molecule has 0 fully saturated rings. The van der Waals surface area contributed by atoms with Gasteiger partial charge in [-0.25, -0.2) is 0 Å². The van der Waals surface area contributed by atoms with Crippen LogP contribution in [0.5, 0.6) is 0 Å². The molecule has 2 N–H and O–H groups in total. The molecule has 0 radical (unpaired) electrons. The summed E-state index contributed by atoms with van der Waals surface area (Å²) >= 11 is 19.7. The van der Waals surface area contributed by atoms with E-state index in [9.17, 15) is 14.4 Å². The van der Waals surface area contributed by atoms with E-state index in [2.05, 4.69) is 10.6 Å². The highest BCUT2D eigenvalue weighted by Crippen LogP contribution is 2.26. The molecule has 0 spiro atoms. The summed E-state index contributed by atoms with van der Waals surface area (Å²) in [6.07, 6.45) is 1.52. The number of amides is 2. The number of hydrogen-bond acceptors (Lipinski definition) is 4. The molecule has 2 amide bonds. The van der Waals surface area contributed by atoms with Crippen LogP contribution >= 0.6 is 46.6 Å². The zero-order valence-corrected chi connectivity index (χ0v) is 23.4. The first-order valence-electron chi connectivity index (χ1n) is 11.7. The fraction of sp³-hybridized carbons (Fsp3) is 0.0333. The molecule has 0 saturated heterocycles. The zero-order valence-electron chi connectivity index (χ0n) is 20.3. The van der Waals surface area contributed by atoms with E-state index in [0.29, 0.717) is 37.4 Å². The van der Waals surface area contributed by atoms with Crippen molar-refractivity contribution in [3.05, 3.63) is 135 Å². The molecule has 196 valence electrons. The zero-order chi connectivity index (χ0) is 27.8. The van der Waals surface area contributed by atoms with Crippen molar-refractivity contribution in [1.82, 2.24) is 5.32 Å². The van der Waals surface area contributed by atoms with E-state index in [1.807, 2.05) is 6.07 Å². The van der Waals surface area contributed by atoms with E-state index in [1.54, 1.807) is 84.9 Å². The SMILES string of the molecule is O=C(Nc1cccc(SCC(=O)c2ccc(Cl)cc2Cl)c1)/C(=C/c1ccccc1Cl)NC(=O)c1ccccc1. The Bertz CT molecular complexity index is 1560. The van der Waals surface area contributed by atoms with E-state index in [-0.39, 0.29) is 17.2 Å². The Hall–Kier alpha value is -3.55. The van der Waals surface area contributed by atoms with Gasteiger partial charge in [0, 0.05) is 31.8 Å². The third-order valence-electron chi connectivity index (χ3n) is 5.43. The van der Waals surface area contributed by atoms with Crippen molar-refractivity contribution in [2.24, 2.45) is 0 Å². The smallest absolute Gasteiger partial charge is 0.272 e. The predicted molar refractivity (Wildman–Crippen MR) is 160 cm³/mol. The third-order valence-corrected chi connectivity index (χ3v) is 7.31. The van der Waals surface area contributed by atoms with Gasteiger partial charge in [0.15, 0.2) is 5.78 Å². The highest BCUT2D eigenvalue weighted by atomic mass is 35.5. The number of halogens is 3. The Kier molecular flexibility index (Phi) is 9.85. The molecule has 0 aromatic heterocycles. The van der Waals surface area contributed by atoms with Crippen molar-refractivity contribution in [2.45, 2.75) is 4.90 Å². The van der Waals surface area contributed by atoms with Crippen LogP contribution in [-0.4, -0.2) is 23.4 Å². The van der Waals surface area contributed by atoms with Crippen LogP contribution in [0.3, 0.4) is 0 Å². The number of Topliss-reactive ketones (excluding diaryl/α,β-unsaturated/α-hetero) is 1. The molecule has 0 atom stereocenters. The molecule has 0 heterocycles. The van der Waals surface area contributed by atoms with E-state index < -0.39 is 11.8 Å². The number of benzene rings is 4. The van der Waals surface area contributed by atoms with E-state index >= 15 is 0 Å². The second-order valence-electron chi connectivity index (χ2n) is 8.22. The standard InChI is InChI=1S/C30H21Cl3N2O3S/c31-21-13-14-24(26(33)16-21)28(36)18-39-23-11-6-10-22(17-23)34-30(38)27(15-20-9-4-5-12-25(20)32)35-29(37)19-7-2-1-3-8-19/h1-17H,18H2,(H,34,38)(H,35,37)/b27-15-. The number of thioether (sulfide) groups is 1. The summed E-state index contributed by atoms with van der Waals surface area (Å²) < 4.78 is 0. The normalized spacial score (nSPS) is 11.1. The van der Waals surface area contributed by atoms with Crippen molar-refractivity contribution >= 4 is 75.9 Å². The molecule has 4 aromatic carbocycles. The van der Waals surface area contributed by atoms with Crippen LogP contribution < -0.4 is 10.6 Å². The number of ketones is 1. The van der Waals surface area contributed by atoms with Gasteiger partial charge in [-0.3, -0.25) is 14.4 Å². The number of hydrogen-bond donors (Lipinski definition) is 2. The highest BCUT2D eigenvalue weighted by Gasteiger charge is 2.16. The van der Waals surface area contributed by atoms with Crippen molar-refractivity contribution in [3.63, 3.8) is 0 Å². The third kappa shape index (κ3) is 7.97. The van der Waals surface area contributed by atoms with Crippen LogP contribution in [0.1, 0.15) is 26.3 Å². The van der Waals surface area contributed by atoms with Gasteiger partial charge in [0.1, 0.15) is 5.70 Å². The Labute approximate surface area is 245 Å². The largest absolute Gasteiger partial charge is 0.321 e.